The second-order valence-corrected chi connectivity index (χ2v) is 17.9. The predicted octanol–water partition coefficient (Wildman–Crippen LogP) is 3.76. The van der Waals surface area contributed by atoms with E-state index in [9.17, 15) is 24.0 Å². The first-order valence-electron chi connectivity index (χ1n) is 21.2. The standard InChI is InChI=1S/C45H56F2N8O7S/c1-28(56)55(35-11-12-40(57)49-42(35)58)24-29-7-9-31(10-8-29)54-19-17-52(18-20-54)15-16-53-14-13-39(45(46,47)27-53)48-43(59)38-23-32-41(63-38)33(26-51(4)44(32)60)30-21-36(61-5)34(25-50(2)3)37(22-30)62-6/h7-10,21-23,26,35,39H,11-20,24-25,27H2,1-6H3,(H,48,59)(H,49,57,58). The van der Waals surface area contributed by atoms with Crippen molar-refractivity contribution >= 4 is 50.7 Å². The molecule has 7 rings (SSSR count). The number of nitrogens with one attached hydrogen (secondary N) is 2. The number of likely N-dealkylation sites (tertiary alicyclic amines) is 1. The van der Waals surface area contributed by atoms with Gasteiger partial charge in [0, 0.05) is 101 Å². The van der Waals surface area contributed by atoms with Crippen molar-refractivity contribution in [2.45, 2.75) is 57.3 Å². The van der Waals surface area contributed by atoms with Crippen LogP contribution in [0.5, 0.6) is 11.5 Å². The quantitative estimate of drug-likeness (QED) is 0.179. The molecule has 2 atom stereocenters. The van der Waals surface area contributed by atoms with E-state index < -0.39 is 36.4 Å². The smallest absolute Gasteiger partial charge is 0.280 e. The summed E-state index contributed by atoms with van der Waals surface area (Å²) in [4.78, 5) is 73.3. The average molecular weight is 891 g/mol. The van der Waals surface area contributed by atoms with Gasteiger partial charge in [0.15, 0.2) is 0 Å². The number of halogens is 2. The van der Waals surface area contributed by atoms with E-state index in [2.05, 4.69) is 20.4 Å². The molecule has 0 spiro atoms. The number of anilines is 1. The van der Waals surface area contributed by atoms with Gasteiger partial charge in [0.2, 0.25) is 17.7 Å². The van der Waals surface area contributed by atoms with Crippen molar-refractivity contribution in [3.8, 4) is 22.6 Å². The molecule has 2 aromatic heterocycles. The Morgan fingerprint density at radius 3 is 2.19 bits per heavy atom. The Bertz CT molecular complexity index is 2390. The Balaban J connectivity index is 0.920. The number of methoxy groups -OCH3 is 2. The number of benzene rings is 2. The minimum atomic E-state index is -3.17. The number of amides is 4. The molecule has 18 heteroatoms. The van der Waals surface area contributed by atoms with Gasteiger partial charge in [0.05, 0.1) is 42.6 Å². The molecule has 0 aliphatic carbocycles. The third-order valence-electron chi connectivity index (χ3n) is 12.2. The summed E-state index contributed by atoms with van der Waals surface area (Å²) in [6, 6.07) is 11.1. The zero-order chi connectivity index (χ0) is 45.2. The van der Waals surface area contributed by atoms with Crippen molar-refractivity contribution in [3.05, 3.63) is 75.0 Å². The number of hydrogen-bond acceptors (Lipinski definition) is 12. The SMILES string of the molecule is COc1cc(-c2cn(C)c(=O)c3cc(C(=O)NC4CCN(CCN5CCN(c6ccc(CN(C(C)=O)C7CCC(=O)NC7=O)cc6)CC5)CC4(F)F)sc23)cc(OC)c1CN(C)C. The highest BCUT2D eigenvalue weighted by Gasteiger charge is 2.45. The summed E-state index contributed by atoms with van der Waals surface area (Å²) in [6.45, 7) is 6.34. The van der Waals surface area contributed by atoms with Gasteiger partial charge in [-0.05, 0) is 68.4 Å². The molecule has 5 heterocycles. The summed E-state index contributed by atoms with van der Waals surface area (Å²) in [5, 5.41) is 5.25. The second kappa shape index (κ2) is 19.1. The number of nitrogens with zero attached hydrogens (tertiary/aromatic N) is 6. The lowest BCUT2D eigenvalue weighted by Gasteiger charge is -2.40. The van der Waals surface area contributed by atoms with E-state index in [0.717, 1.165) is 59.9 Å². The fourth-order valence-electron chi connectivity index (χ4n) is 8.73. The van der Waals surface area contributed by atoms with Crippen molar-refractivity contribution in [1.29, 1.82) is 0 Å². The molecule has 2 N–H and O–H groups in total. The van der Waals surface area contributed by atoms with Crippen LogP contribution in [0, 0.1) is 0 Å². The highest BCUT2D eigenvalue weighted by atomic mass is 32.1. The summed E-state index contributed by atoms with van der Waals surface area (Å²) < 4.78 is 44.9. The van der Waals surface area contributed by atoms with Crippen molar-refractivity contribution < 1.29 is 37.4 Å². The van der Waals surface area contributed by atoms with Crippen molar-refractivity contribution in [2.24, 2.45) is 7.05 Å². The zero-order valence-electron chi connectivity index (χ0n) is 36.7. The number of thiophene rings is 1. The molecule has 0 bridgehead atoms. The number of ether oxygens (including phenoxy) is 2. The number of carbonyl (C=O) groups excluding carboxylic acids is 4. The number of rotatable bonds is 14. The van der Waals surface area contributed by atoms with Gasteiger partial charge in [-0.1, -0.05) is 12.1 Å². The van der Waals surface area contributed by atoms with E-state index >= 15 is 8.78 Å². The van der Waals surface area contributed by atoms with Gasteiger partial charge in [-0.15, -0.1) is 11.3 Å². The van der Waals surface area contributed by atoms with E-state index in [4.69, 9.17) is 9.47 Å². The first-order valence-corrected chi connectivity index (χ1v) is 22.0. The minimum Gasteiger partial charge on any atom is -0.496 e. The lowest BCUT2D eigenvalue weighted by Crippen LogP contribution is -2.59. The number of fused-ring (bicyclic) bond motifs is 1. The molecule has 3 aliphatic rings. The Morgan fingerprint density at radius 2 is 1.59 bits per heavy atom. The predicted molar refractivity (Wildman–Crippen MR) is 238 cm³/mol. The van der Waals surface area contributed by atoms with Crippen molar-refractivity contribution in [2.75, 3.05) is 85.6 Å². The van der Waals surface area contributed by atoms with Crippen LogP contribution in [0.3, 0.4) is 0 Å². The van der Waals surface area contributed by atoms with Crippen LogP contribution in [0.1, 0.15) is 47.0 Å². The Hall–Kier alpha value is -5.43. The Kier molecular flexibility index (Phi) is 13.8. The van der Waals surface area contributed by atoms with Crippen LogP contribution < -0.4 is 30.6 Å². The van der Waals surface area contributed by atoms with E-state index in [1.54, 1.807) is 32.4 Å². The maximum atomic E-state index is 15.7. The van der Waals surface area contributed by atoms with Gasteiger partial charge in [0.25, 0.3) is 17.4 Å². The molecule has 4 aromatic rings. The van der Waals surface area contributed by atoms with E-state index in [-0.39, 0.29) is 41.6 Å². The molecular formula is C45H56F2N8O7S. The lowest BCUT2D eigenvalue weighted by molar-refractivity contribution is -0.145. The van der Waals surface area contributed by atoms with E-state index in [0.29, 0.717) is 59.7 Å². The number of hydrogen-bond donors (Lipinski definition) is 2. The third kappa shape index (κ3) is 10.2. The summed E-state index contributed by atoms with van der Waals surface area (Å²) in [7, 11) is 8.68. The number of carbonyl (C=O) groups is 4. The van der Waals surface area contributed by atoms with Crippen LogP contribution >= 0.6 is 11.3 Å². The van der Waals surface area contributed by atoms with Crippen molar-refractivity contribution in [3.63, 3.8) is 0 Å². The largest absolute Gasteiger partial charge is 0.496 e. The molecule has 3 fully saturated rings. The van der Waals surface area contributed by atoms with Crippen LogP contribution in [0.4, 0.5) is 14.5 Å². The molecule has 2 unspecified atom stereocenters. The molecule has 0 radical (unpaired) electrons. The first-order chi connectivity index (χ1) is 30.0. The molecular weight excluding hydrogens is 835 g/mol. The number of aryl methyl sites for hydroxylation is 1. The maximum absolute atomic E-state index is 15.7. The maximum Gasteiger partial charge on any atom is 0.280 e. The van der Waals surface area contributed by atoms with Gasteiger partial charge >= 0.3 is 0 Å². The lowest BCUT2D eigenvalue weighted by atomic mass is 10.0. The summed E-state index contributed by atoms with van der Waals surface area (Å²) >= 11 is 1.10. The van der Waals surface area contributed by atoms with Gasteiger partial charge in [-0.2, -0.15) is 0 Å². The number of pyridine rings is 1. The third-order valence-corrected chi connectivity index (χ3v) is 13.4. The van der Waals surface area contributed by atoms with E-state index in [1.807, 2.05) is 55.4 Å². The average Bonchev–Trinajstić information content (AvgIpc) is 3.71. The van der Waals surface area contributed by atoms with Crippen LogP contribution in [0.15, 0.2) is 53.5 Å². The van der Waals surface area contributed by atoms with Gasteiger partial charge in [0.1, 0.15) is 17.5 Å². The van der Waals surface area contributed by atoms with E-state index in [1.165, 1.54) is 22.5 Å². The highest BCUT2D eigenvalue weighted by Crippen LogP contribution is 2.40. The topological polar surface area (TPSA) is 149 Å². The van der Waals surface area contributed by atoms with Gasteiger partial charge < -0.3 is 34.1 Å². The molecule has 2 aromatic carbocycles. The van der Waals surface area contributed by atoms with Crippen LogP contribution in [0.25, 0.3) is 21.2 Å². The van der Waals surface area contributed by atoms with Crippen LogP contribution in [-0.4, -0.2) is 146 Å². The normalized spacial score (nSPS) is 19.6. The molecule has 0 saturated carbocycles. The van der Waals surface area contributed by atoms with Crippen LogP contribution in [-0.2, 0) is 34.5 Å². The number of imide groups is 1. The molecule has 15 nitrogen and oxygen atoms in total. The fraction of sp³-hybridized carbons (Fsp3) is 0.489. The number of piperidine rings is 2. The Labute approximate surface area is 369 Å². The molecule has 4 amide bonds. The van der Waals surface area contributed by atoms with Gasteiger partial charge in [-0.3, -0.25) is 39.1 Å². The first kappa shape index (κ1) is 45.6. The van der Waals surface area contributed by atoms with Gasteiger partial charge in [-0.25, -0.2) is 8.78 Å². The molecule has 338 valence electrons. The second-order valence-electron chi connectivity index (χ2n) is 16.9. The zero-order valence-corrected chi connectivity index (χ0v) is 37.5. The fourth-order valence-corrected chi connectivity index (χ4v) is 9.82. The monoisotopic (exact) mass is 890 g/mol. The number of piperazine rings is 1. The molecule has 3 aliphatic heterocycles. The summed E-state index contributed by atoms with van der Waals surface area (Å²) in [6.07, 6.45) is 2.28. The molecule has 63 heavy (non-hydrogen) atoms. The number of alkyl halides is 2. The summed E-state index contributed by atoms with van der Waals surface area (Å²) in [5.74, 6) is -3.60. The minimum absolute atomic E-state index is 0.0804. The Morgan fingerprint density at radius 1 is 0.921 bits per heavy atom. The summed E-state index contributed by atoms with van der Waals surface area (Å²) in [5.41, 5.74) is 3.87. The highest BCUT2D eigenvalue weighted by molar-refractivity contribution is 7.21. The molecule has 3 saturated heterocycles. The van der Waals surface area contributed by atoms with Crippen LogP contribution in [0.2, 0.25) is 0 Å². The number of aromatic nitrogens is 1. The van der Waals surface area contributed by atoms with Crippen molar-refractivity contribution in [1.82, 2.24) is 34.8 Å².